The van der Waals surface area contributed by atoms with Gasteiger partial charge in [0.25, 0.3) is 0 Å². The highest BCUT2D eigenvalue weighted by atomic mass is 35.5. The number of aliphatic hydroxyl groups is 2. The summed E-state index contributed by atoms with van der Waals surface area (Å²) >= 11 is 11.8. The molecule has 0 aliphatic rings. The molecular weight excluding hydrogens is 249 g/mol. The molecule has 1 aromatic rings. The SMILES string of the molecule is OC[C@H](O)C[NH2+]CCc1ccc(Cl)cc1Cl. The lowest BCUT2D eigenvalue weighted by Gasteiger charge is -2.07. The van der Waals surface area contributed by atoms with Gasteiger partial charge in [0.15, 0.2) is 0 Å². The van der Waals surface area contributed by atoms with E-state index in [4.69, 9.17) is 33.4 Å². The smallest absolute Gasteiger partial charge is 0.126 e. The Morgan fingerprint density at radius 2 is 2.06 bits per heavy atom. The Bertz CT molecular complexity index is 334. The van der Waals surface area contributed by atoms with Crippen LogP contribution in [0.4, 0.5) is 0 Å². The van der Waals surface area contributed by atoms with Crippen molar-refractivity contribution < 1.29 is 15.5 Å². The van der Waals surface area contributed by atoms with Crippen LogP contribution in [0.25, 0.3) is 0 Å². The Kier molecular flexibility index (Phi) is 6.09. The van der Waals surface area contributed by atoms with Crippen molar-refractivity contribution in [2.24, 2.45) is 0 Å². The maximum Gasteiger partial charge on any atom is 0.126 e. The predicted octanol–water partition coefficient (Wildman–Crippen LogP) is 0.453. The van der Waals surface area contributed by atoms with Gasteiger partial charge in [-0.15, -0.1) is 0 Å². The van der Waals surface area contributed by atoms with Crippen molar-refractivity contribution in [1.29, 1.82) is 0 Å². The fourth-order valence-corrected chi connectivity index (χ4v) is 1.87. The third kappa shape index (κ3) is 4.68. The monoisotopic (exact) mass is 264 g/mol. The first kappa shape index (κ1) is 13.7. The molecule has 90 valence electrons. The normalized spacial score (nSPS) is 12.8. The molecule has 4 N–H and O–H groups in total. The first-order chi connectivity index (χ1) is 7.63. The summed E-state index contributed by atoms with van der Waals surface area (Å²) < 4.78 is 0. The van der Waals surface area contributed by atoms with Gasteiger partial charge < -0.3 is 15.5 Å². The van der Waals surface area contributed by atoms with Crippen LogP contribution in [-0.2, 0) is 6.42 Å². The predicted molar refractivity (Wildman–Crippen MR) is 64.9 cm³/mol. The van der Waals surface area contributed by atoms with Gasteiger partial charge >= 0.3 is 0 Å². The second kappa shape index (κ2) is 7.09. The summed E-state index contributed by atoms with van der Waals surface area (Å²) in [6.07, 6.45) is 0.162. The van der Waals surface area contributed by atoms with Crippen molar-refractivity contribution in [2.75, 3.05) is 19.7 Å². The van der Waals surface area contributed by atoms with E-state index < -0.39 is 6.10 Å². The molecule has 0 amide bonds. The van der Waals surface area contributed by atoms with E-state index in [1.165, 1.54) is 0 Å². The van der Waals surface area contributed by atoms with Crippen molar-refractivity contribution >= 4 is 23.2 Å². The van der Waals surface area contributed by atoms with Crippen LogP contribution in [0.2, 0.25) is 10.0 Å². The number of nitrogens with two attached hydrogens (primary N) is 1. The fraction of sp³-hybridized carbons (Fsp3) is 0.455. The van der Waals surface area contributed by atoms with Crippen LogP contribution in [0.3, 0.4) is 0 Å². The Balaban J connectivity index is 2.32. The summed E-state index contributed by atoms with van der Waals surface area (Å²) in [7, 11) is 0. The van der Waals surface area contributed by atoms with Gasteiger partial charge in [0.2, 0.25) is 0 Å². The molecule has 0 heterocycles. The fourth-order valence-electron chi connectivity index (χ4n) is 1.37. The zero-order valence-electron chi connectivity index (χ0n) is 8.87. The number of hydrogen-bond donors (Lipinski definition) is 3. The maximum atomic E-state index is 9.12. The van der Waals surface area contributed by atoms with E-state index in [2.05, 4.69) is 0 Å². The van der Waals surface area contributed by atoms with Gasteiger partial charge in [0, 0.05) is 16.5 Å². The van der Waals surface area contributed by atoms with E-state index >= 15 is 0 Å². The van der Waals surface area contributed by atoms with E-state index in [9.17, 15) is 0 Å². The number of quaternary nitrogens is 1. The maximum absolute atomic E-state index is 9.12. The molecule has 0 radical (unpaired) electrons. The third-order valence-corrected chi connectivity index (χ3v) is 2.87. The van der Waals surface area contributed by atoms with E-state index in [-0.39, 0.29) is 6.61 Å². The van der Waals surface area contributed by atoms with Crippen LogP contribution >= 0.6 is 23.2 Å². The summed E-state index contributed by atoms with van der Waals surface area (Å²) in [6, 6.07) is 5.44. The van der Waals surface area contributed by atoms with Crippen LogP contribution in [0.5, 0.6) is 0 Å². The van der Waals surface area contributed by atoms with Gasteiger partial charge in [-0.05, 0) is 17.7 Å². The number of aliphatic hydroxyl groups excluding tert-OH is 2. The molecule has 3 nitrogen and oxygen atoms in total. The standard InChI is InChI=1S/C11H15Cl2NO2/c12-9-2-1-8(11(13)5-9)3-4-14-6-10(16)7-15/h1-2,5,10,14-16H,3-4,6-7H2/p+1/t10-/m1/s1. The lowest BCUT2D eigenvalue weighted by molar-refractivity contribution is -0.660. The zero-order chi connectivity index (χ0) is 12.0. The Labute approximate surface area is 105 Å². The largest absolute Gasteiger partial charge is 0.393 e. The van der Waals surface area contributed by atoms with Gasteiger partial charge in [-0.25, -0.2) is 0 Å². The van der Waals surface area contributed by atoms with Crippen LogP contribution in [-0.4, -0.2) is 36.0 Å². The number of halogens is 2. The Morgan fingerprint density at radius 1 is 1.31 bits per heavy atom. The van der Waals surface area contributed by atoms with Crippen LogP contribution in [0.1, 0.15) is 5.56 Å². The van der Waals surface area contributed by atoms with Crippen LogP contribution in [0.15, 0.2) is 18.2 Å². The van der Waals surface area contributed by atoms with Crippen molar-refractivity contribution in [1.82, 2.24) is 0 Å². The van der Waals surface area contributed by atoms with Gasteiger partial charge in [-0.3, -0.25) is 0 Å². The van der Waals surface area contributed by atoms with Gasteiger partial charge in [0.05, 0.1) is 13.2 Å². The summed E-state index contributed by atoms with van der Waals surface area (Å²) in [5.74, 6) is 0. The minimum Gasteiger partial charge on any atom is -0.393 e. The molecule has 1 atom stereocenters. The molecule has 5 heteroatoms. The second-order valence-electron chi connectivity index (χ2n) is 3.64. The molecule has 0 unspecified atom stereocenters. The topological polar surface area (TPSA) is 57.1 Å². The molecule has 1 aromatic carbocycles. The molecule has 0 fully saturated rings. The highest BCUT2D eigenvalue weighted by Gasteiger charge is 2.05. The molecule has 0 saturated carbocycles. The van der Waals surface area contributed by atoms with E-state index in [1.807, 2.05) is 17.4 Å². The van der Waals surface area contributed by atoms with Gasteiger partial charge in [-0.1, -0.05) is 29.3 Å². The molecule has 0 spiro atoms. The first-order valence-corrected chi connectivity index (χ1v) is 5.93. The average Bonchev–Trinajstić information content (AvgIpc) is 2.26. The molecule has 1 rings (SSSR count). The van der Waals surface area contributed by atoms with Crippen molar-refractivity contribution in [2.45, 2.75) is 12.5 Å². The first-order valence-electron chi connectivity index (χ1n) is 5.18. The van der Waals surface area contributed by atoms with Crippen LogP contribution in [0, 0.1) is 0 Å². The number of hydrogen-bond acceptors (Lipinski definition) is 2. The Hall–Kier alpha value is -0.320. The van der Waals surface area contributed by atoms with Crippen molar-refractivity contribution in [3.8, 4) is 0 Å². The highest BCUT2D eigenvalue weighted by Crippen LogP contribution is 2.20. The summed E-state index contributed by atoms with van der Waals surface area (Å²) in [5.41, 5.74) is 1.04. The van der Waals surface area contributed by atoms with Gasteiger partial charge in [-0.2, -0.15) is 0 Å². The minimum atomic E-state index is -0.652. The molecule has 0 aliphatic heterocycles. The zero-order valence-corrected chi connectivity index (χ0v) is 10.4. The molecule has 0 saturated heterocycles. The Morgan fingerprint density at radius 3 is 2.69 bits per heavy atom. The van der Waals surface area contributed by atoms with Crippen LogP contribution < -0.4 is 5.32 Å². The molecular formula is C11H16Cl2NO2+. The van der Waals surface area contributed by atoms with Crippen molar-refractivity contribution in [3.05, 3.63) is 33.8 Å². The number of rotatable bonds is 6. The summed E-state index contributed by atoms with van der Waals surface area (Å²) in [6.45, 7) is 1.12. The average molecular weight is 265 g/mol. The van der Waals surface area contributed by atoms with E-state index in [0.29, 0.717) is 16.6 Å². The van der Waals surface area contributed by atoms with Crippen molar-refractivity contribution in [3.63, 3.8) is 0 Å². The minimum absolute atomic E-state index is 0.196. The molecule has 0 bridgehead atoms. The lowest BCUT2D eigenvalue weighted by Crippen LogP contribution is -2.87. The highest BCUT2D eigenvalue weighted by molar-refractivity contribution is 6.35. The lowest BCUT2D eigenvalue weighted by atomic mass is 10.1. The molecule has 0 aliphatic carbocycles. The molecule has 16 heavy (non-hydrogen) atoms. The van der Waals surface area contributed by atoms with E-state index in [1.54, 1.807) is 6.07 Å². The summed E-state index contributed by atoms with van der Waals surface area (Å²) in [4.78, 5) is 0. The number of benzene rings is 1. The molecule has 0 aromatic heterocycles. The third-order valence-electron chi connectivity index (χ3n) is 2.28. The van der Waals surface area contributed by atoms with E-state index in [0.717, 1.165) is 18.5 Å². The second-order valence-corrected chi connectivity index (χ2v) is 4.48. The summed E-state index contributed by atoms with van der Waals surface area (Å²) in [5, 5.41) is 21.0. The van der Waals surface area contributed by atoms with Gasteiger partial charge in [0.1, 0.15) is 12.6 Å². The quantitative estimate of drug-likeness (QED) is 0.654.